The molecule has 0 amide bonds. The monoisotopic (exact) mass is 441 g/mol. The first-order valence-corrected chi connectivity index (χ1v) is 11.3. The van der Waals surface area contributed by atoms with Crippen molar-refractivity contribution in [2.45, 2.75) is 33.2 Å². The van der Waals surface area contributed by atoms with Gasteiger partial charge in [0.15, 0.2) is 11.5 Å². The van der Waals surface area contributed by atoms with Gasteiger partial charge in [0.2, 0.25) is 0 Å². The van der Waals surface area contributed by atoms with Crippen LogP contribution >= 0.6 is 0 Å². The fourth-order valence-electron chi connectivity index (χ4n) is 5.02. The summed E-state index contributed by atoms with van der Waals surface area (Å²) in [7, 11) is 1.64. The summed E-state index contributed by atoms with van der Waals surface area (Å²) < 4.78 is 13.7. The molecule has 5 nitrogen and oxygen atoms in total. The van der Waals surface area contributed by atoms with Crippen LogP contribution in [0.3, 0.4) is 0 Å². The summed E-state index contributed by atoms with van der Waals surface area (Å²) in [5, 5.41) is 12.6. The van der Waals surface area contributed by atoms with Crippen molar-refractivity contribution in [3.8, 4) is 33.9 Å². The Kier molecular flexibility index (Phi) is 5.33. The maximum Gasteiger partial charge on any atom is 0.338 e. The second-order valence-corrected chi connectivity index (χ2v) is 8.43. The van der Waals surface area contributed by atoms with Crippen molar-refractivity contribution < 1.29 is 19.4 Å². The third-order valence-electron chi connectivity index (χ3n) is 6.51. The lowest BCUT2D eigenvalue weighted by molar-refractivity contribution is 0.0698. The molecule has 0 radical (unpaired) electrons. The van der Waals surface area contributed by atoms with E-state index in [0.29, 0.717) is 23.7 Å². The van der Waals surface area contributed by atoms with Crippen LogP contribution in [0.4, 0.5) is 0 Å². The lowest BCUT2D eigenvalue weighted by atomic mass is 9.92. The summed E-state index contributed by atoms with van der Waals surface area (Å²) in [6.07, 6.45) is 1.68. The van der Waals surface area contributed by atoms with E-state index in [1.54, 1.807) is 7.11 Å². The summed E-state index contributed by atoms with van der Waals surface area (Å²) >= 11 is 0. The summed E-state index contributed by atoms with van der Waals surface area (Å²) in [5.74, 6) is 0.410. The molecule has 0 spiro atoms. The van der Waals surface area contributed by atoms with E-state index in [9.17, 15) is 9.90 Å². The molecular weight excluding hydrogens is 414 g/mol. The van der Waals surface area contributed by atoms with Crippen molar-refractivity contribution in [1.29, 1.82) is 0 Å². The quantitative estimate of drug-likeness (QED) is 0.379. The SMILES string of the molecule is CCCOc1cc2c(cc1OC)CCn1c(C)c(-c3cccc4ccccc34)c(C(=O)O)c1-2. The summed E-state index contributed by atoms with van der Waals surface area (Å²) in [6, 6.07) is 18.1. The van der Waals surface area contributed by atoms with Crippen LogP contribution in [0, 0.1) is 6.92 Å². The van der Waals surface area contributed by atoms with Gasteiger partial charge >= 0.3 is 5.97 Å². The average Bonchev–Trinajstić information content (AvgIpc) is 3.14. The molecule has 0 fully saturated rings. The minimum atomic E-state index is -0.922. The Morgan fingerprint density at radius 3 is 2.61 bits per heavy atom. The van der Waals surface area contributed by atoms with Gasteiger partial charge in [-0.2, -0.15) is 0 Å². The highest BCUT2D eigenvalue weighted by Gasteiger charge is 2.32. The first-order chi connectivity index (χ1) is 16.0. The number of hydrogen-bond donors (Lipinski definition) is 1. The van der Waals surface area contributed by atoms with E-state index in [-0.39, 0.29) is 0 Å². The van der Waals surface area contributed by atoms with Crippen LogP contribution in [0.1, 0.15) is 35.0 Å². The maximum absolute atomic E-state index is 12.7. The topological polar surface area (TPSA) is 60.7 Å². The van der Waals surface area contributed by atoms with Crippen LogP contribution in [0.5, 0.6) is 11.5 Å². The van der Waals surface area contributed by atoms with E-state index >= 15 is 0 Å². The van der Waals surface area contributed by atoms with Gasteiger partial charge in [-0.1, -0.05) is 49.4 Å². The van der Waals surface area contributed by atoms with E-state index in [4.69, 9.17) is 9.47 Å². The number of rotatable bonds is 6. The Labute approximate surface area is 193 Å². The first-order valence-electron chi connectivity index (χ1n) is 11.3. The Morgan fingerprint density at radius 1 is 1.06 bits per heavy atom. The zero-order valence-electron chi connectivity index (χ0n) is 19.1. The van der Waals surface area contributed by atoms with Crippen LogP contribution in [-0.2, 0) is 13.0 Å². The molecular formula is C28H27NO4. The number of hydrogen-bond acceptors (Lipinski definition) is 3. The van der Waals surface area contributed by atoms with E-state index in [1.165, 1.54) is 0 Å². The molecule has 5 heteroatoms. The van der Waals surface area contributed by atoms with E-state index < -0.39 is 5.97 Å². The van der Waals surface area contributed by atoms with Crippen molar-refractivity contribution in [2.24, 2.45) is 0 Å². The molecule has 2 heterocycles. The van der Waals surface area contributed by atoms with Gasteiger partial charge in [-0.05, 0) is 53.8 Å². The molecule has 1 aromatic heterocycles. The number of ether oxygens (including phenoxy) is 2. The number of aryl methyl sites for hydroxylation is 1. The number of benzene rings is 3. The molecule has 1 N–H and O–H groups in total. The Bertz CT molecular complexity index is 1380. The Balaban J connectivity index is 1.81. The van der Waals surface area contributed by atoms with Gasteiger partial charge in [-0.3, -0.25) is 0 Å². The van der Waals surface area contributed by atoms with Gasteiger partial charge in [-0.15, -0.1) is 0 Å². The highest BCUT2D eigenvalue weighted by Crippen LogP contribution is 2.46. The first kappa shape index (κ1) is 21.1. The van der Waals surface area contributed by atoms with Gasteiger partial charge in [0.05, 0.1) is 25.0 Å². The molecule has 3 aromatic carbocycles. The van der Waals surface area contributed by atoms with Crippen molar-refractivity contribution in [1.82, 2.24) is 4.57 Å². The van der Waals surface area contributed by atoms with Crippen molar-refractivity contribution in [3.63, 3.8) is 0 Å². The summed E-state index contributed by atoms with van der Waals surface area (Å²) in [6.45, 7) is 5.37. The van der Waals surface area contributed by atoms with Gasteiger partial charge in [0.1, 0.15) is 0 Å². The second kappa shape index (κ2) is 8.32. The lowest BCUT2D eigenvalue weighted by Gasteiger charge is -2.23. The van der Waals surface area contributed by atoms with Crippen LogP contribution < -0.4 is 9.47 Å². The zero-order chi connectivity index (χ0) is 23.1. The van der Waals surface area contributed by atoms with Crippen LogP contribution in [0.2, 0.25) is 0 Å². The maximum atomic E-state index is 12.7. The smallest absolute Gasteiger partial charge is 0.338 e. The highest BCUT2D eigenvalue weighted by atomic mass is 16.5. The Hall–Kier alpha value is -3.73. The summed E-state index contributed by atoms with van der Waals surface area (Å²) in [4.78, 5) is 12.7. The standard InChI is InChI=1S/C28H27NO4/c1-4-14-33-24-16-22-19(15-23(24)32-3)12-13-29-17(2)25(26(27(22)29)28(30)31)21-11-7-9-18-8-5-6-10-20(18)21/h5-11,15-16H,4,12-14H2,1-3H3,(H,30,31). The van der Waals surface area contributed by atoms with Crippen molar-refractivity contribution in [2.75, 3.05) is 13.7 Å². The number of carboxylic acid groups (broad SMARTS) is 1. The molecule has 0 saturated heterocycles. The van der Waals surface area contributed by atoms with Gasteiger partial charge < -0.3 is 19.1 Å². The van der Waals surface area contributed by atoms with Crippen LogP contribution in [0.15, 0.2) is 54.6 Å². The number of carboxylic acids is 1. The van der Waals surface area contributed by atoms with Gasteiger partial charge in [0, 0.05) is 23.4 Å². The van der Waals surface area contributed by atoms with E-state index in [2.05, 4.69) is 29.7 Å². The normalized spacial score (nSPS) is 12.3. The highest BCUT2D eigenvalue weighted by molar-refractivity contribution is 6.09. The molecule has 1 aliphatic rings. The molecule has 4 aromatic rings. The van der Waals surface area contributed by atoms with Gasteiger partial charge in [-0.25, -0.2) is 4.79 Å². The molecule has 0 bridgehead atoms. The molecule has 0 unspecified atom stereocenters. The average molecular weight is 442 g/mol. The fourth-order valence-corrected chi connectivity index (χ4v) is 5.02. The third kappa shape index (κ3) is 3.35. The largest absolute Gasteiger partial charge is 0.493 e. The van der Waals surface area contributed by atoms with E-state index in [1.807, 2.05) is 43.3 Å². The number of fused-ring (bicyclic) bond motifs is 4. The third-order valence-corrected chi connectivity index (χ3v) is 6.51. The van der Waals surface area contributed by atoms with E-state index in [0.717, 1.165) is 63.8 Å². The predicted molar refractivity (Wildman–Crippen MR) is 131 cm³/mol. The number of aromatic carboxylic acids is 1. The molecule has 5 rings (SSSR count). The molecule has 1 aliphatic heterocycles. The molecule has 168 valence electrons. The number of nitrogens with zero attached hydrogens (tertiary/aromatic N) is 1. The number of methoxy groups -OCH3 is 1. The number of carbonyl (C=O) groups is 1. The fraction of sp³-hybridized carbons (Fsp3) is 0.250. The van der Waals surface area contributed by atoms with Crippen LogP contribution in [-0.4, -0.2) is 29.4 Å². The Morgan fingerprint density at radius 2 is 1.85 bits per heavy atom. The van der Waals surface area contributed by atoms with Crippen molar-refractivity contribution in [3.05, 3.63) is 71.4 Å². The van der Waals surface area contributed by atoms with Gasteiger partial charge in [0.25, 0.3) is 0 Å². The van der Waals surface area contributed by atoms with Crippen LogP contribution in [0.25, 0.3) is 33.2 Å². The molecule has 0 atom stereocenters. The molecule has 33 heavy (non-hydrogen) atoms. The molecule has 0 aliphatic carbocycles. The molecule has 0 saturated carbocycles. The summed E-state index contributed by atoms with van der Waals surface area (Å²) in [5.41, 5.74) is 5.77. The number of aromatic nitrogens is 1. The zero-order valence-corrected chi connectivity index (χ0v) is 19.1. The lowest BCUT2D eigenvalue weighted by Crippen LogP contribution is -2.14. The van der Waals surface area contributed by atoms with Crippen molar-refractivity contribution >= 4 is 16.7 Å². The minimum Gasteiger partial charge on any atom is -0.493 e. The second-order valence-electron chi connectivity index (χ2n) is 8.43. The predicted octanol–water partition coefficient (Wildman–Crippen LogP) is 6.34. The minimum absolute atomic E-state index is 0.344.